The molecule has 2 heterocycles. The van der Waals surface area contributed by atoms with Gasteiger partial charge in [-0.15, -0.1) is 0 Å². The standard InChI is InChI=1S/C25H25ClF2N6O3/c26-20-12-15(27)3-8-19(20)23(35)32-17-4-6-18(7-5-17)33-25(37)22-21(30-14-31-22)24(36)29-9-11-34-10-1-2-16(28)13-34/h3-8,12,14,16H,1-2,9-11,13H2,(H,29,36)(H,30,31)(H,32,35)(H,33,37)/t16-/m1/s1. The number of nitrogens with zero attached hydrogens (tertiary/aromatic N) is 2. The highest BCUT2D eigenvalue weighted by atomic mass is 35.5. The van der Waals surface area contributed by atoms with Crippen LogP contribution in [0.1, 0.15) is 44.2 Å². The van der Waals surface area contributed by atoms with Crippen LogP contribution in [0, 0.1) is 5.82 Å². The van der Waals surface area contributed by atoms with E-state index in [1.165, 1.54) is 12.4 Å². The van der Waals surface area contributed by atoms with Crippen molar-refractivity contribution in [3.8, 4) is 0 Å². The lowest BCUT2D eigenvalue weighted by Crippen LogP contribution is -2.41. The number of hydrogen-bond acceptors (Lipinski definition) is 5. The number of benzene rings is 2. The highest BCUT2D eigenvalue weighted by Gasteiger charge is 2.22. The van der Waals surface area contributed by atoms with Crippen molar-refractivity contribution in [1.29, 1.82) is 0 Å². The van der Waals surface area contributed by atoms with E-state index in [0.717, 1.165) is 25.1 Å². The van der Waals surface area contributed by atoms with Crippen LogP contribution in [0.4, 0.5) is 20.2 Å². The number of likely N-dealkylation sites (tertiary alicyclic amines) is 1. The molecular weight excluding hydrogens is 506 g/mol. The van der Waals surface area contributed by atoms with Gasteiger partial charge in [0.2, 0.25) is 0 Å². The predicted molar refractivity (Wildman–Crippen MR) is 135 cm³/mol. The quantitative estimate of drug-likeness (QED) is 0.352. The molecule has 1 fully saturated rings. The number of aromatic nitrogens is 2. The maximum Gasteiger partial charge on any atom is 0.276 e. The maximum atomic E-state index is 13.5. The number of carbonyl (C=O) groups excluding carboxylic acids is 3. The summed E-state index contributed by atoms with van der Waals surface area (Å²) in [6.07, 6.45) is 1.76. The molecule has 4 N–H and O–H groups in total. The SMILES string of the molecule is O=C(Nc1ccc(NC(=O)c2nc[nH]c2C(=O)NCCN2CCC[C@@H](F)C2)cc1)c1ccc(F)cc1Cl. The average Bonchev–Trinajstić information content (AvgIpc) is 3.36. The van der Waals surface area contributed by atoms with Crippen molar-refractivity contribution in [3.05, 3.63) is 76.6 Å². The number of halogens is 3. The summed E-state index contributed by atoms with van der Waals surface area (Å²) in [5, 5.41) is 8.01. The molecule has 3 amide bonds. The monoisotopic (exact) mass is 530 g/mol. The molecule has 1 atom stereocenters. The van der Waals surface area contributed by atoms with Crippen LogP contribution in [-0.2, 0) is 0 Å². The van der Waals surface area contributed by atoms with E-state index in [2.05, 4.69) is 25.9 Å². The van der Waals surface area contributed by atoms with Gasteiger partial charge in [-0.2, -0.15) is 0 Å². The Balaban J connectivity index is 1.31. The Morgan fingerprint density at radius 1 is 1.05 bits per heavy atom. The van der Waals surface area contributed by atoms with Crippen LogP contribution >= 0.6 is 11.6 Å². The summed E-state index contributed by atoms with van der Waals surface area (Å²) in [7, 11) is 0. The van der Waals surface area contributed by atoms with Crippen molar-refractivity contribution in [2.24, 2.45) is 0 Å². The first-order valence-corrected chi connectivity index (χ1v) is 12.0. The van der Waals surface area contributed by atoms with Crippen molar-refractivity contribution >= 4 is 40.7 Å². The lowest BCUT2D eigenvalue weighted by molar-refractivity contribution is 0.0921. The summed E-state index contributed by atoms with van der Waals surface area (Å²) in [5.41, 5.74) is 0.883. The minimum absolute atomic E-state index is 0.0135. The lowest BCUT2D eigenvalue weighted by Gasteiger charge is -2.28. The third-order valence-electron chi connectivity index (χ3n) is 5.82. The second kappa shape index (κ2) is 11.9. The molecule has 0 unspecified atom stereocenters. The number of nitrogens with one attached hydrogen (secondary N) is 4. The third kappa shape index (κ3) is 6.89. The molecule has 1 aromatic heterocycles. The molecule has 9 nitrogen and oxygen atoms in total. The molecule has 194 valence electrons. The van der Waals surface area contributed by atoms with Gasteiger partial charge in [-0.1, -0.05) is 11.6 Å². The Kier molecular flexibility index (Phi) is 8.47. The second-order valence-corrected chi connectivity index (χ2v) is 8.94. The Bertz CT molecular complexity index is 1280. The van der Waals surface area contributed by atoms with Crippen molar-refractivity contribution in [3.63, 3.8) is 0 Å². The Morgan fingerprint density at radius 3 is 2.43 bits per heavy atom. The molecule has 0 saturated carbocycles. The minimum atomic E-state index is -0.842. The van der Waals surface area contributed by atoms with Crippen molar-refractivity contribution in [2.45, 2.75) is 19.0 Å². The lowest BCUT2D eigenvalue weighted by atomic mass is 10.1. The number of H-pyrrole nitrogens is 1. The number of anilines is 2. The fourth-order valence-corrected chi connectivity index (χ4v) is 4.21. The number of piperidine rings is 1. The molecule has 1 saturated heterocycles. The number of alkyl halides is 1. The highest BCUT2D eigenvalue weighted by molar-refractivity contribution is 6.34. The molecule has 1 aliphatic heterocycles. The first-order chi connectivity index (χ1) is 17.8. The van der Waals surface area contributed by atoms with Gasteiger partial charge in [0, 0.05) is 31.0 Å². The van der Waals surface area contributed by atoms with E-state index >= 15 is 0 Å². The molecule has 2 aromatic carbocycles. The van der Waals surface area contributed by atoms with Crippen molar-refractivity contribution in [1.82, 2.24) is 20.2 Å². The molecule has 0 aliphatic carbocycles. The van der Waals surface area contributed by atoms with Gasteiger partial charge >= 0.3 is 0 Å². The molecule has 1 aliphatic rings. The van der Waals surface area contributed by atoms with Crippen LogP contribution < -0.4 is 16.0 Å². The average molecular weight is 531 g/mol. The van der Waals surface area contributed by atoms with E-state index in [0.29, 0.717) is 37.4 Å². The van der Waals surface area contributed by atoms with E-state index in [9.17, 15) is 23.2 Å². The van der Waals surface area contributed by atoms with Crippen molar-refractivity contribution in [2.75, 3.05) is 36.8 Å². The summed E-state index contributed by atoms with van der Waals surface area (Å²) in [5.74, 6) is -2.15. The van der Waals surface area contributed by atoms with Gasteiger partial charge in [-0.3, -0.25) is 19.3 Å². The highest BCUT2D eigenvalue weighted by Crippen LogP contribution is 2.20. The summed E-state index contributed by atoms with van der Waals surface area (Å²) in [4.78, 5) is 46.3. The number of carbonyl (C=O) groups is 3. The largest absolute Gasteiger partial charge is 0.349 e. The molecule has 12 heteroatoms. The molecule has 3 aromatic rings. The molecule has 4 rings (SSSR count). The summed E-state index contributed by atoms with van der Waals surface area (Å²) >= 11 is 5.92. The smallest absolute Gasteiger partial charge is 0.276 e. The van der Waals surface area contributed by atoms with Gasteiger partial charge in [-0.05, 0) is 61.9 Å². The first-order valence-electron chi connectivity index (χ1n) is 11.7. The van der Waals surface area contributed by atoms with Crippen LogP contribution in [-0.4, -0.2) is 64.9 Å². The van der Waals surface area contributed by atoms with Gasteiger partial charge in [-0.25, -0.2) is 13.8 Å². The summed E-state index contributed by atoms with van der Waals surface area (Å²) in [6.45, 7) is 1.96. The van der Waals surface area contributed by atoms with E-state index in [-0.39, 0.29) is 22.0 Å². The maximum absolute atomic E-state index is 13.5. The van der Waals surface area contributed by atoms with Crippen molar-refractivity contribution < 1.29 is 23.2 Å². The van der Waals surface area contributed by atoms with E-state index in [1.54, 1.807) is 24.3 Å². The number of amides is 3. The van der Waals surface area contributed by atoms with Gasteiger partial charge in [0.1, 0.15) is 17.7 Å². The van der Waals surface area contributed by atoms with E-state index in [4.69, 9.17) is 11.6 Å². The van der Waals surface area contributed by atoms with E-state index < -0.39 is 29.7 Å². The number of aromatic amines is 1. The molecular formula is C25H25ClF2N6O3. The van der Waals surface area contributed by atoms with Gasteiger partial charge in [0.15, 0.2) is 5.69 Å². The molecule has 37 heavy (non-hydrogen) atoms. The Hall–Kier alpha value is -3.83. The molecule has 0 radical (unpaired) electrons. The Morgan fingerprint density at radius 2 is 1.76 bits per heavy atom. The van der Waals surface area contributed by atoms with Gasteiger partial charge in [0.25, 0.3) is 17.7 Å². The van der Waals surface area contributed by atoms with Crippen LogP contribution in [0.3, 0.4) is 0 Å². The van der Waals surface area contributed by atoms with Gasteiger partial charge in [0.05, 0.1) is 16.9 Å². The van der Waals surface area contributed by atoms with Crippen LogP contribution in [0.25, 0.3) is 0 Å². The summed E-state index contributed by atoms with van der Waals surface area (Å²) < 4.78 is 26.7. The van der Waals surface area contributed by atoms with Crippen LogP contribution in [0.2, 0.25) is 5.02 Å². The molecule has 0 bridgehead atoms. The minimum Gasteiger partial charge on any atom is -0.349 e. The van der Waals surface area contributed by atoms with Crippen LogP contribution in [0.15, 0.2) is 48.8 Å². The number of imidazole rings is 1. The number of hydrogen-bond donors (Lipinski definition) is 4. The van der Waals surface area contributed by atoms with Gasteiger partial charge < -0.3 is 20.9 Å². The normalized spacial score (nSPS) is 15.7. The fraction of sp³-hybridized carbons (Fsp3) is 0.280. The zero-order chi connectivity index (χ0) is 26.4. The topological polar surface area (TPSA) is 119 Å². The third-order valence-corrected chi connectivity index (χ3v) is 6.13. The fourth-order valence-electron chi connectivity index (χ4n) is 3.96. The van der Waals surface area contributed by atoms with Crippen LogP contribution in [0.5, 0.6) is 0 Å². The Labute approximate surface area is 216 Å². The van der Waals surface area contributed by atoms with E-state index in [1.807, 2.05) is 4.90 Å². The first kappa shape index (κ1) is 26.2. The summed E-state index contributed by atoms with van der Waals surface area (Å²) in [6, 6.07) is 9.71. The number of rotatable bonds is 8. The zero-order valence-corrected chi connectivity index (χ0v) is 20.4. The molecule has 0 spiro atoms. The predicted octanol–water partition coefficient (Wildman–Crippen LogP) is 3.87. The zero-order valence-electron chi connectivity index (χ0n) is 19.7. The second-order valence-electron chi connectivity index (χ2n) is 8.53.